The molecular weight excluding hydrogens is 448 g/mol. The third kappa shape index (κ3) is 8.13. The molecule has 0 spiro atoms. The zero-order chi connectivity index (χ0) is 17.6. The number of hydrogen-bond donors (Lipinski definition) is 3. The van der Waals surface area contributed by atoms with Gasteiger partial charge in [0.15, 0.2) is 5.96 Å². The normalized spacial score (nSPS) is 18.7. The van der Waals surface area contributed by atoms with Crippen molar-refractivity contribution in [2.75, 3.05) is 26.2 Å². The van der Waals surface area contributed by atoms with Crippen molar-refractivity contribution in [3.8, 4) is 5.75 Å². The average Bonchev–Trinajstić information content (AvgIpc) is 2.91. The number of halogens is 4. The maximum atomic E-state index is 12.4. The number of aromatic hydroxyl groups is 1. The minimum Gasteiger partial charge on any atom is -0.508 e. The molecule has 3 N–H and O–H groups in total. The van der Waals surface area contributed by atoms with E-state index in [1.807, 2.05) is 6.92 Å². The van der Waals surface area contributed by atoms with Gasteiger partial charge >= 0.3 is 6.18 Å². The monoisotopic (exact) mass is 472 g/mol. The highest BCUT2D eigenvalue weighted by molar-refractivity contribution is 14.0. The quantitative estimate of drug-likeness (QED) is 0.351. The summed E-state index contributed by atoms with van der Waals surface area (Å²) >= 11 is 0. The molecule has 1 aromatic rings. The lowest BCUT2D eigenvalue weighted by Crippen LogP contribution is -2.45. The summed E-state index contributed by atoms with van der Waals surface area (Å²) in [5.74, 6) is 0.785. The van der Waals surface area contributed by atoms with Crippen LogP contribution in [0.15, 0.2) is 29.3 Å². The Morgan fingerprint density at radius 2 is 2.00 bits per heavy atom. The summed E-state index contributed by atoms with van der Waals surface area (Å²) < 4.78 is 37.3. The van der Waals surface area contributed by atoms with Crippen LogP contribution in [0.25, 0.3) is 0 Å². The zero-order valence-corrected chi connectivity index (χ0v) is 16.3. The summed E-state index contributed by atoms with van der Waals surface area (Å²) in [4.78, 5) is 5.85. The third-order valence-electron chi connectivity index (χ3n) is 3.72. The van der Waals surface area contributed by atoms with Crippen LogP contribution in [0.3, 0.4) is 0 Å². The standard InChI is InChI=1S/C16H23F3N4O.HI/c1-2-20-15(21-9-12-3-5-14(24)6-4-12)22-13-7-8-23(10-13)11-16(17,18)19;/h3-6,13,24H,2,7-11H2,1H3,(H2,20,21,22);1H. The molecule has 2 rings (SSSR count). The molecule has 0 bridgehead atoms. The van der Waals surface area contributed by atoms with Crippen LogP contribution in [0.5, 0.6) is 5.75 Å². The first-order valence-electron chi connectivity index (χ1n) is 7.97. The SMILES string of the molecule is CCNC(=NCc1ccc(O)cc1)NC1CCN(CC(F)(F)F)C1.I. The molecule has 0 aromatic heterocycles. The second-order valence-electron chi connectivity index (χ2n) is 5.84. The first-order valence-corrected chi connectivity index (χ1v) is 7.97. The Balaban J connectivity index is 0.00000312. The van der Waals surface area contributed by atoms with E-state index in [2.05, 4.69) is 15.6 Å². The topological polar surface area (TPSA) is 59.9 Å². The molecule has 1 fully saturated rings. The number of benzene rings is 1. The van der Waals surface area contributed by atoms with E-state index in [1.54, 1.807) is 24.3 Å². The van der Waals surface area contributed by atoms with E-state index in [1.165, 1.54) is 4.90 Å². The molecule has 1 aliphatic rings. The lowest BCUT2D eigenvalue weighted by atomic mass is 10.2. The molecule has 25 heavy (non-hydrogen) atoms. The molecule has 1 aromatic carbocycles. The average molecular weight is 472 g/mol. The number of nitrogens with zero attached hydrogens (tertiary/aromatic N) is 2. The van der Waals surface area contributed by atoms with E-state index in [-0.39, 0.29) is 35.8 Å². The largest absolute Gasteiger partial charge is 0.508 e. The van der Waals surface area contributed by atoms with Crippen molar-refractivity contribution in [3.63, 3.8) is 0 Å². The van der Waals surface area contributed by atoms with Gasteiger partial charge in [-0.3, -0.25) is 4.90 Å². The molecule has 1 atom stereocenters. The highest BCUT2D eigenvalue weighted by Crippen LogP contribution is 2.20. The van der Waals surface area contributed by atoms with E-state index in [0.29, 0.717) is 38.6 Å². The second-order valence-corrected chi connectivity index (χ2v) is 5.84. The van der Waals surface area contributed by atoms with Gasteiger partial charge in [-0.15, -0.1) is 24.0 Å². The molecular formula is C16H24F3IN4O. The fourth-order valence-corrected chi connectivity index (χ4v) is 2.63. The highest BCUT2D eigenvalue weighted by atomic mass is 127. The van der Waals surface area contributed by atoms with Crippen molar-refractivity contribution in [1.82, 2.24) is 15.5 Å². The van der Waals surface area contributed by atoms with Crippen LogP contribution in [-0.4, -0.2) is 54.4 Å². The van der Waals surface area contributed by atoms with Gasteiger partial charge < -0.3 is 15.7 Å². The van der Waals surface area contributed by atoms with Crippen LogP contribution in [-0.2, 0) is 6.54 Å². The Hall–Kier alpha value is -1.23. The number of rotatable bonds is 5. The molecule has 0 saturated carbocycles. The van der Waals surface area contributed by atoms with Crippen molar-refractivity contribution in [2.24, 2.45) is 4.99 Å². The van der Waals surface area contributed by atoms with Crippen LogP contribution in [0.1, 0.15) is 18.9 Å². The Labute approximate surface area is 162 Å². The van der Waals surface area contributed by atoms with Crippen LogP contribution < -0.4 is 10.6 Å². The van der Waals surface area contributed by atoms with Gasteiger partial charge in [0.25, 0.3) is 0 Å². The predicted octanol–water partition coefficient (Wildman–Crippen LogP) is 2.70. The minimum atomic E-state index is -4.16. The molecule has 5 nitrogen and oxygen atoms in total. The number of nitrogens with one attached hydrogen (secondary N) is 2. The maximum absolute atomic E-state index is 12.4. The fraction of sp³-hybridized carbons (Fsp3) is 0.562. The number of aliphatic imine (C=N–C) groups is 1. The Bertz CT molecular complexity index is 551. The Morgan fingerprint density at radius 1 is 1.32 bits per heavy atom. The molecule has 0 radical (unpaired) electrons. The fourth-order valence-electron chi connectivity index (χ4n) is 2.63. The predicted molar refractivity (Wildman–Crippen MR) is 102 cm³/mol. The molecule has 1 aliphatic heterocycles. The highest BCUT2D eigenvalue weighted by Gasteiger charge is 2.34. The first-order chi connectivity index (χ1) is 11.4. The van der Waals surface area contributed by atoms with E-state index in [4.69, 9.17) is 0 Å². The van der Waals surface area contributed by atoms with Gasteiger partial charge in [0, 0.05) is 25.7 Å². The van der Waals surface area contributed by atoms with Crippen LogP contribution in [0, 0.1) is 0 Å². The first kappa shape index (κ1) is 21.8. The van der Waals surface area contributed by atoms with Crippen LogP contribution in [0.4, 0.5) is 13.2 Å². The molecule has 9 heteroatoms. The van der Waals surface area contributed by atoms with E-state index in [0.717, 1.165) is 5.56 Å². The zero-order valence-electron chi connectivity index (χ0n) is 14.0. The smallest absolute Gasteiger partial charge is 0.401 e. The Morgan fingerprint density at radius 3 is 2.60 bits per heavy atom. The second kappa shape index (κ2) is 10.0. The summed E-state index contributed by atoms with van der Waals surface area (Å²) in [6.07, 6.45) is -3.51. The van der Waals surface area contributed by atoms with Crippen molar-refractivity contribution in [2.45, 2.75) is 32.1 Å². The van der Waals surface area contributed by atoms with E-state index in [9.17, 15) is 18.3 Å². The van der Waals surface area contributed by atoms with Gasteiger partial charge in [0.2, 0.25) is 0 Å². The molecule has 1 heterocycles. The minimum absolute atomic E-state index is 0. The van der Waals surface area contributed by atoms with E-state index < -0.39 is 12.7 Å². The van der Waals surface area contributed by atoms with Crippen molar-refractivity contribution >= 4 is 29.9 Å². The third-order valence-corrected chi connectivity index (χ3v) is 3.72. The summed E-state index contributed by atoms with van der Waals surface area (Å²) in [5.41, 5.74) is 0.940. The maximum Gasteiger partial charge on any atom is 0.401 e. The molecule has 1 unspecified atom stereocenters. The molecule has 1 saturated heterocycles. The lowest BCUT2D eigenvalue weighted by molar-refractivity contribution is -0.143. The van der Waals surface area contributed by atoms with Gasteiger partial charge in [-0.25, -0.2) is 4.99 Å². The van der Waals surface area contributed by atoms with Crippen molar-refractivity contribution in [3.05, 3.63) is 29.8 Å². The van der Waals surface area contributed by atoms with Gasteiger partial charge in [-0.1, -0.05) is 12.1 Å². The van der Waals surface area contributed by atoms with E-state index >= 15 is 0 Å². The molecule has 142 valence electrons. The van der Waals surface area contributed by atoms with Crippen molar-refractivity contribution in [1.29, 1.82) is 0 Å². The summed E-state index contributed by atoms with van der Waals surface area (Å²) in [6.45, 7) is 2.93. The van der Waals surface area contributed by atoms with Gasteiger partial charge in [0.1, 0.15) is 5.75 Å². The van der Waals surface area contributed by atoms with Crippen molar-refractivity contribution < 1.29 is 18.3 Å². The van der Waals surface area contributed by atoms with Crippen LogP contribution in [0.2, 0.25) is 0 Å². The number of guanidine groups is 1. The summed E-state index contributed by atoms with van der Waals surface area (Å²) in [6, 6.07) is 6.70. The molecule has 0 aliphatic carbocycles. The van der Waals surface area contributed by atoms with Gasteiger partial charge in [-0.2, -0.15) is 13.2 Å². The van der Waals surface area contributed by atoms with Gasteiger partial charge in [-0.05, 0) is 31.0 Å². The Kier molecular flexibility index (Phi) is 8.77. The summed E-state index contributed by atoms with van der Waals surface area (Å²) in [7, 11) is 0. The van der Waals surface area contributed by atoms with Crippen LogP contribution >= 0.6 is 24.0 Å². The number of hydrogen-bond acceptors (Lipinski definition) is 3. The number of phenolic OH excluding ortho intramolecular Hbond substituents is 1. The number of phenols is 1. The molecule has 0 amide bonds. The summed E-state index contributed by atoms with van der Waals surface area (Å²) in [5, 5.41) is 15.6. The van der Waals surface area contributed by atoms with Gasteiger partial charge in [0.05, 0.1) is 13.1 Å². The number of alkyl halides is 3. The lowest BCUT2D eigenvalue weighted by Gasteiger charge is -2.19. The number of likely N-dealkylation sites (tertiary alicyclic amines) is 1.